The van der Waals surface area contributed by atoms with Crippen molar-refractivity contribution < 1.29 is 28.9 Å². The zero-order valence-electron chi connectivity index (χ0n) is 20.4. The van der Waals surface area contributed by atoms with Crippen LogP contribution in [0, 0.1) is 12.8 Å². The Balaban J connectivity index is 0.000000170. The topological polar surface area (TPSA) is 106 Å². The fraction of sp³-hybridized carbons (Fsp3) is 0.241. The Bertz CT molecular complexity index is 1450. The highest BCUT2D eigenvalue weighted by molar-refractivity contribution is 6.10. The van der Waals surface area contributed by atoms with Gasteiger partial charge in [-0.25, -0.2) is 0 Å². The number of ether oxygens (including phenoxy) is 2. The normalized spacial score (nSPS) is 14.6. The molecule has 5 rings (SSSR count). The summed E-state index contributed by atoms with van der Waals surface area (Å²) in [5.74, 6) is 1.84. The second-order valence-electron chi connectivity index (χ2n) is 8.83. The lowest BCUT2D eigenvalue weighted by Gasteiger charge is -2.11. The maximum Gasteiger partial charge on any atom is 0.196 e. The minimum Gasteiger partial charge on any atom is -0.507 e. The van der Waals surface area contributed by atoms with E-state index in [1.54, 1.807) is 49.4 Å². The molecule has 2 heterocycles. The summed E-state index contributed by atoms with van der Waals surface area (Å²) in [5, 5.41) is 20.3. The fourth-order valence-corrected chi connectivity index (χ4v) is 4.09. The summed E-state index contributed by atoms with van der Waals surface area (Å²) >= 11 is 0. The summed E-state index contributed by atoms with van der Waals surface area (Å²) in [7, 11) is 1.51. The predicted octanol–water partition coefficient (Wildman–Crippen LogP) is 5.40. The van der Waals surface area contributed by atoms with Crippen molar-refractivity contribution in [2.24, 2.45) is 5.92 Å². The fourth-order valence-electron chi connectivity index (χ4n) is 4.09. The van der Waals surface area contributed by atoms with Crippen molar-refractivity contribution in [1.29, 1.82) is 0 Å². The number of aromatic hydroxyl groups is 2. The van der Waals surface area contributed by atoms with Crippen molar-refractivity contribution in [2.45, 2.75) is 26.7 Å². The van der Waals surface area contributed by atoms with Crippen LogP contribution in [-0.2, 0) is 6.42 Å². The number of rotatable bonds is 3. The van der Waals surface area contributed by atoms with Crippen LogP contribution in [0.3, 0.4) is 0 Å². The summed E-state index contributed by atoms with van der Waals surface area (Å²) in [5.41, 5.74) is 1.71. The summed E-state index contributed by atoms with van der Waals surface area (Å²) in [6.45, 7) is 4.44. The van der Waals surface area contributed by atoms with Gasteiger partial charge in [-0.3, -0.25) is 9.59 Å². The van der Waals surface area contributed by atoms with Crippen LogP contribution in [0.25, 0.3) is 11.0 Å². The molecule has 3 aromatic carbocycles. The second-order valence-corrected chi connectivity index (χ2v) is 8.83. The Morgan fingerprint density at radius 2 is 1.81 bits per heavy atom. The SMILES string of the molecule is COc1ccc(C(=O)c2ccccc2)c(O)c1.Cc1cc(=O)c2c(O)c3c(cc2o1)OCC(C)CC3. The number of aryl methyl sites for hydroxylation is 1. The van der Waals surface area contributed by atoms with E-state index >= 15 is 0 Å². The van der Waals surface area contributed by atoms with E-state index in [9.17, 15) is 19.8 Å². The van der Waals surface area contributed by atoms with Gasteiger partial charge in [0.05, 0.1) is 19.3 Å². The first-order chi connectivity index (χ1) is 17.3. The summed E-state index contributed by atoms with van der Waals surface area (Å²) < 4.78 is 16.2. The standard InChI is InChI=1S/C15H16O4.C14H12O3/c1-8-3-4-10-12(18-7-8)6-13-14(15(10)17)11(16)5-9(2)19-13;1-17-11-7-8-12(13(15)9-11)14(16)10-5-3-2-4-6-10/h5-6,8,17H,3-4,7H2,1-2H3;2-9,15H,1H3. The molecule has 186 valence electrons. The Kier molecular flexibility index (Phi) is 7.29. The van der Waals surface area contributed by atoms with Crippen molar-refractivity contribution in [3.8, 4) is 23.0 Å². The zero-order chi connectivity index (χ0) is 25.8. The van der Waals surface area contributed by atoms with Crippen LogP contribution < -0.4 is 14.9 Å². The summed E-state index contributed by atoms with van der Waals surface area (Å²) in [4.78, 5) is 24.1. The van der Waals surface area contributed by atoms with Crippen molar-refractivity contribution in [1.82, 2.24) is 0 Å². The maximum absolute atomic E-state index is 12.1. The zero-order valence-corrected chi connectivity index (χ0v) is 20.4. The van der Waals surface area contributed by atoms with Crippen LogP contribution in [0.4, 0.5) is 0 Å². The van der Waals surface area contributed by atoms with Gasteiger partial charge in [0.2, 0.25) is 0 Å². The Morgan fingerprint density at radius 1 is 1.06 bits per heavy atom. The number of phenolic OH excluding ortho intramolecular Hbond substituents is 2. The van der Waals surface area contributed by atoms with Crippen molar-refractivity contribution in [3.63, 3.8) is 0 Å². The van der Waals surface area contributed by atoms with E-state index in [0.29, 0.717) is 52.9 Å². The van der Waals surface area contributed by atoms with Crippen molar-refractivity contribution >= 4 is 16.8 Å². The van der Waals surface area contributed by atoms with Crippen LogP contribution in [0.2, 0.25) is 0 Å². The number of carbonyl (C=O) groups excluding carboxylic acids is 1. The first-order valence-corrected chi connectivity index (χ1v) is 11.7. The molecule has 0 amide bonds. The Labute approximate surface area is 208 Å². The lowest BCUT2D eigenvalue weighted by molar-refractivity contribution is 0.103. The van der Waals surface area contributed by atoms with Crippen LogP contribution in [0.15, 0.2) is 69.9 Å². The number of carbonyl (C=O) groups is 1. The first-order valence-electron chi connectivity index (χ1n) is 11.7. The summed E-state index contributed by atoms with van der Waals surface area (Å²) in [6, 6.07) is 16.6. The largest absolute Gasteiger partial charge is 0.507 e. The molecule has 1 aliphatic heterocycles. The lowest BCUT2D eigenvalue weighted by atomic mass is 10.00. The first kappa shape index (κ1) is 24.9. The van der Waals surface area contributed by atoms with E-state index in [1.807, 2.05) is 6.07 Å². The molecule has 7 heteroatoms. The third kappa shape index (κ3) is 5.20. The quantitative estimate of drug-likeness (QED) is 0.372. The molecule has 7 nitrogen and oxygen atoms in total. The van der Waals surface area contributed by atoms with Crippen molar-refractivity contribution in [3.05, 3.63) is 93.3 Å². The average molecular weight is 489 g/mol. The molecule has 1 atom stereocenters. The number of ketones is 1. The van der Waals surface area contributed by atoms with Gasteiger partial charge < -0.3 is 24.1 Å². The monoisotopic (exact) mass is 488 g/mol. The number of hydrogen-bond acceptors (Lipinski definition) is 7. The van der Waals surface area contributed by atoms with E-state index in [1.165, 1.54) is 19.2 Å². The Hall–Kier alpha value is -4.26. The van der Waals surface area contributed by atoms with Crippen LogP contribution in [0.5, 0.6) is 23.0 Å². The smallest absolute Gasteiger partial charge is 0.196 e. The van der Waals surface area contributed by atoms with Gasteiger partial charge in [-0.2, -0.15) is 0 Å². The van der Waals surface area contributed by atoms with Crippen LogP contribution >= 0.6 is 0 Å². The molecule has 1 aromatic heterocycles. The molecule has 1 unspecified atom stereocenters. The van der Waals surface area contributed by atoms with Gasteiger partial charge >= 0.3 is 0 Å². The molecule has 0 saturated carbocycles. The third-order valence-electron chi connectivity index (χ3n) is 6.08. The highest BCUT2D eigenvalue weighted by Crippen LogP contribution is 2.38. The maximum atomic E-state index is 12.1. The molecule has 0 aliphatic carbocycles. The number of fused-ring (bicyclic) bond motifs is 2. The number of hydrogen-bond donors (Lipinski definition) is 2. The van der Waals surface area contributed by atoms with Gasteiger partial charge in [-0.05, 0) is 37.8 Å². The molecule has 2 N–H and O–H groups in total. The lowest BCUT2D eigenvalue weighted by Crippen LogP contribution is -2.05. The molecule has 0 saturated heterocycles. The van der Waals surface area contributed by atoms with E-state index < -0.39 is 0 Å². The van der Waals surface area contributed by atoms with Crippen molar-refractivity contribution in [2.75, 3.05) is 13.7 Å². The highest BCUT2D eigenvalue weighted by atomic mass is 16.5. The van der Waals surface area contributed by atoms with Gasteiger partial charge in [-0.15, -0.1) is 0 Å². The molecule has 0 spiro atoms. The predicted molar refractivity (Wildman–Crippen MR) is 136 cm³/mol. The molecule has 36 heavy (non-hydrogen) atoms. The minimum atomic E-state index is -0.212. The Morgan fingerprint density at radius 3 is 2.50 bits per heavy atom. The van der Waals surface area contributed by atoms with Gasteiger partial charge in [0.1, 0.15) is 39.7 Å². The van der Waals surface area contributed by atoms with E-state index in [-0.39, 0.29) is 33.7 Å². The van der Waals surface area contributed by atoms with Crippen LogP contribution in [0.1, 0.15) is 40.6 Å². The van der Waals surface area contributed by atoms with Gasteiger partial charge in [-0.1, -0.05) is 37.3 Å². The molecular weight excluding hydrogens is 460 g/mol. The number of phenols is 2. The minimum absolute atomic E-state index is 0.00958. The van der Waals surface area contributed by atoms with E-state index in [4.69, 9.17) is 13.9 Å². The number of methoxy groups -OCH3 is 1. The molecule has 1 aliphatic rings. The molecule has 0 fully saturated rings. The highest BCUT2D eigenvalue weighted by Gasteiger charge is 2.21. The van der Waals surface area contributed by atoms with Gasteiger partial charge in [0, 0.05) is 29.3 Å². The summed E-state index contributed by atoms with van der Waals surface area (Å²) in [6.07, 6.45) is 1.65. The number of benzene rings is 3. The molecule has 4 aromatic rings. The van der Waals surface area contributed by atoms with E-state index in [2.05, 4.69) is 6.92 Å². The average Bonchev–Trinajstić information content (AvgIpc) is 3.05. The van der Waals surface area contributed by atoms with Crippen LogP contribution in [-0.4, -0.2) is 29.7 Å². The molecule has 0 radical (unpaired) electrons. The van der Waals surface area contributed by atoms with Gasteiger partial charge in [0.15, 0.2) is 11.2 Å². The van der Waals surface area contributed by atoms with Gasteiger partial charge in [0.25, 0.3) is 0 Å². The molecular formula is C29H28O7. The second kappa shape index (κ2) is 10.6. The van der Waals surface area contributed by atoms with E-state index in [0.717, 1.165) is 6.42 Å². The molecule has 0 bridgehead atoms. The third-order valence-corrected chi connectivity index (χ3v) is 6.08.